The van der Waals surface area contributed by atoms with Gasteiger partial charge >= 0.3 is 5.97 Å². The first-order valence-electron chi connectivity index (χ1n) is 5.20. The molecule has 0 N–H and O–H groups in total. The number of carbonyl (C=O) groups excluding carboxylic acids is 1. The van der Waals surface area contributed by atoms with E-state index in [9.17, 15) is 9.18 Å². The maximum Gasteiger partial charge on any atom is 0.341 e. The van der Waals surface area contributed by atoms with Gasteiger partial charge in [0.1, 0.15) is 5.82 Å². The molecule has 0 amide bonds. The molecule has 0 aliphatic carbocycles. The Balaban J connectivity index is 2.45. The molecule has 1 aromatic heterocycles. The molecule has 0 saturated carbocycles. The van der Waals surface area contributed by atoms with Crippen molar-refractivity contribution in [3.63, 3.8) is 0 Å². The molecule has 0 unspecified atom stereocenters. The third kappa shape index (κ3) is 2.69. The first kappa shape index (κ1) is 13.4. The van der Waals surface area contributed by atoms with Crippen LogP contribution in [0.4, 0.5) is 4.39 Å². The van der Waals surface area contributed by atoms with Gasteiger partial charge in [0.2, 0.25) is 0 Å². The number of benzene rings is 1. The molecule has 2 aromatic rings. The number of esters is 1. The average Bonchev–Trinajstić information content (AvgIpc) is 2.78. The standard InChI is InChI=1S/C12H9FINO2S/c1-2-17-12(16)9-6-18-15-11(9)8-4-3-7(13)5-10(8)14/h3-6H,2H2,1H3. The molecule has 0 aliphatic rings. The van der Waals surface area contributed by atoms with Crippen LogP contribution in [0.15, 0.2) is 23.6 Å². The molecule has 0 radical (unpaired) electrons. The molecule has 0 saturated heterocycles. The van der Waals surface area contributed by atoms with Gasteiger partial charge in [0.25, 0.3) is 0 Å². The van der Waals surface area contributed by atoms with Crippen LogP contribution in [0.25, 0.3) is 11.3 Å². The van der Waals surface area contributed by atoms with Crippen LogP contribution < -0.4 is 0 Å². The molecule has 1 aromatic carbocycles. The van der Waals surface area contributed by atoms with E-state index in [0.717, 1.165) is 5.56 Å². The Bertz CT molecular complexity index is 585. The summed E-state index contributed by atoms with van der Waals surface area (Å²) in [7, 11) is 0. The number of hydrogen-bond acceptors (Lipinski definition) is 4. The molecule has 2 rings (SSSR count). The molecular formula is C12H9FINO2S. The molecular weight excluding hydrogens is 368 g/mol. The zero-order chi connectivity index (χ0) is 13.1. The Morgan fingerprint density at radius 2 is 2.33 bits per heavy atom. The van der Waals surface area contributed by atoms with E-state index in [1.807, 2.05) is 22.6 Å². The summed E-state index contributed by atoms with van der Waals surface area (Å²) in [5, 5.41) is 1.65. The van der Waals surface area contributed by atoms with Crippen LogP contribution in [-0.4, -0.2) is 16.9 Å². The van der Waals surface area contributed by atoms with Crippen molar-refractivity contribution in [2.75, 3.05) is 6.61 Å². The second-order valence-electron chi connectivity index (χ2n) is 3.42. The topological polar surface area (TPSA) is 39.2 Å². The van der Waals surface area contributed by atoms with Crippen molar-refractivity contribution in [1.29, 1.82) is 0 Å². The number of nitrogens with zero attached hydrogens (tertiary/aromatic N) is 1. The molecule has 1 heterocycles. The Kier molecular flexibility index (Phi) is 4.28. The molecule has 0 fully saturated rings. The Labute approximate surface area is 121 Å². The molecule has 0 spiro atoms. The minimum atomic E-state index is -0.402. The number of hydrogen-bond donors (Lipinski definition) is 0. The van der Waals surface area contributed by atoms with Gasteiger partial charge in [0.15, 0.2) is 0 Å². The van der Waals surface area contributed by atoms with Crippen LogP contribution in [0.2, 0.25) is 0 Å². The third-order valence-corrected chi connectivity index (χ3v) is 3.77. The van der Waals surface area contributed by atoms with E-state index in [2.05, 4.69) is 4.37 Å². The van der Waals surface area contributed by atoms with E-state index >= 15 is 0 Å². The lowest BCUT2D eigenvalue weighted by atomic mass is 10.1. The molecule has 18 heavy (non-hydrogen) atoms. The zero-order valence-corrected chi connectivity index (χ0v) is 12.4. The lowest BCUT2D eigenvalue weighted by Gasteiger charge is -2.05. The smallest absolute Gasteiger partial charge is 0.341 e. The van der Waals surface area contributed by atoms with Gasteiger partial charge in [0, 0.05) is 14.5 Å². The van der Waals surface area contributed by atoms with Crippen molar-refractivity contribution in [2.24, 2.45) is 0 Å². The maximum atomic E-state index is 13.1. The fourth-order valence-electron chi connectivity index (χ4n) is 1.47. The van der Waals surface area contributed by atoms with E-state index in [1.54, 1.807) is 18.4 Å². The lowest BCUT2D eigenvalue weighted by Crippen LogP contribution is -2.05. The van der Waals surface area contributed by atoms with Crippen molar-refractivity contribution >= 4 is 40.1 Å². The summed E-state index contributed by atoms with van der Waals surface area (Å²) in [5.41, 5.74) is 1.70. The highest BCUT2D eigenvalue weighted by Gasteiger charge is 2.18. The van der Waals surface area contributed by atoms with Gasteiger partial charge in [-0.3, -0.25) is 0 Å². The van der Waals surface area contributed by atoms with Crippen molar-refractivity contribution in [2.45, 2.75) is 6.92 Å². The zero-order valence-electron chi connectivity index (χ0n) is 9.44. The monoisotopic (exact) mass is 377 g/mol. The Morgan fingerprint density at radius 3 is 3.00 bits per heavy atom. The predicted octanol–water partition coefficient (Wildman–Crippen LogP) is 3.73. The van der Waals surface area contributed by atoms with E-state index < -0.39 is 5.97 Å². The van der Waals surface area contributed by atoms with E-state index in [0.29, 0.717) is 21.4 Å². The van der Waals surface area contributed by atoms with Gasteiger partial charge in [-0.15, -0.1) is 0 Å². The van der Waals surface area contributed by atoms with Gasteiger partial charge in [-0.25, -0.2) is 9.18 Å². The second-order valence-corrected chi connectivity index (χ2v) is 5.21. The van der Waals surface area contributed by atoms with Gasteiger partial charge in [-0.05, 0) is 59.2 Å². The summed E-state index contributed by atoms with van der Waals surface area (Å²) in [6.07, 6.45) is 0. The normalized spacial score (nSPS) is 10.4. The molecule has 0 aliphatic heterocycles. The molecule has 6 heteroatoms. The average molecular weight is 377 g/mol. The first-order valence-corrected chi connectivity index (χ1v) is 7.12. The van der Waals surface area contributed by atoms with Crippen molar-refractivity contribution in [3.8, 4) is 11.3 Å². The third-order valence-electron chi connectivity index (χ3n) is 2.25. The fraction of sp³-hybridized carbons (Fsp3) is 0.167. The predicted molar refractivity (Wildman–Crippen MR) is 76.2 cm³/mol. The largest absolute Gasteiger partial charge is 0.462 e. The SMILES string of the molecule is CCOC(=O)c1csnc1-c1ccc(F)cc1I. The van der Waals surface area contributed by atoms with Crippen molar-refractivity contribution in [3.05, 3.63) is 38.5 Å². The van der Waals surface area contributed by atoms with Crippen LogP contribution in [-0.2, 0) is 4.74 Å². The summed E-state index contributed by atoms with van der Waals surface area (Å²) < 4.78 is 22.9. The minimum Gasteiger partial charge on any atom is -0.462 e. The molecule has 0 bridgehead atoms. The van der Waals surface area contributed by atoms with Crippen LogP contribution in [0, 0.1) is 9.39 Å². The highest BCUT2D eigenvalue weighted by molar-refractivity contribution is 14.1. The van der Waals surface area contributed by atoms with Crippen LogP contribution >= 0.6 is 34.1 Å². The summed E-state index contributed by atoms with van der Waals surface area (Å²) in [6.45, 7) is 2.06. The Hall–Kier alpha value is -1.02. The number of halogens is 2. The number of ether oxygens (including phenoxy) is 1. The summed E-state index contributed by atoms with van der Waals surface area (Å²) in [5.74, 6) is -0.711. The van der Waals surface area contributed by atoms with Gasteiger partial charge in [-0.2, -0.15) is 4.37 Å². The summed E-state index contributed by atoms with van der Waals surface area (Å²) in [6, 6.07) is 4.38. The maximum absolute atomic E-state index is 13.1. The highest BCUT2D eigenvalue weighted by Crippen LogP contribution is 2.29. The van der Waals surface area contributed by atoms with E-state index in [4.69, 9.17) is 4.74 Å². The van der Waals surface area contributed by atoms with Crippen LogP contribution in [0.3, 0.4) is 0 Å². The number of aromatic nitrogens is 1. The summed E-state index contributed by atoms with van der Waals surface area (Å²) in [4.78, 5) is 11.7. The second kappa shape index (κ2) is 5.75. The van der Waals surface area contributed by atoms with Gasteiger partial charge in [-0.1, -0.05) is 0 Å². The molecule has 3 nitrogen and oxygen atoms in total. The van der Waals surface area contributed by atoms with Crippen LogP contribution in [0.1, 0.15) is 17.3 Å². The van der Waals surface area contributed by atoms with E-state index in [-0.39, 0.29) is 5.82 Å². The minimum absolute atomic E-state index is 0.309. The van der Waals surface area contributed by atoms with Gasteiger partial charge < -0.3 is 4.74 Å². The summed E-state index contributed by atoms with van der Waals surface area (Å²) >= 11 is 3.20. The van der Waals surface area contributed by atoms with Crippen LogP contribution in [0.5, 0.6) is 0 Å². The van der Waals surface area contributed by atoms with Gasteiger partial charge in [0.05, 0.1) is 17.9 Å². The van der Waals surface area contributed by atoms with Crippen molar-refractivity contribution in [1.82, 2.24) is 4.37 Å². The first-order chi connectivity index (χ1) is 8.63. The van der Waals surface area contributed by atoms with Crippen molar-refractivity contribution < 1.29 is 13.9 Å². The fourth-order valence-corrected chi connectivity index (χ4v) is 2.87. The number of carbonyl (C=O) groups is 1. The quantitative estimate of drug-likeness (QED) is 0.605. The Morgan fingerprint density at radius 1 is 1.56 bits per heavy atom. The van der Waals surface area contributed by atoms with E-state index in [1.165, 1.54) is 23.7 Å². The lowest BCUT2D eigenvalue weighted by molar-refractivity contribution is 0.0527. The molecule has 0 atom stereocenters. The highest BCUT2D eigenvalue weighted by atomic mass is 127. The number of rotatable bonds is 3. The molecule has 94 valence electrons.